The number of thiophene rings is 1. The molecule has 2 aromatic heterocycles. The van der Waals surface area contributed by atoms with E-state index in [9.17, 15) is 0 Å². The first kappa shape index (κ1) is 10.3. The van der Waals surface area contributed by atoms with Crippen LogP contribution in [0.4, 0.5) is 0 Å². The van der Waals surface area contributed by atoms with Gasteiger partial charge in [-0.25, -0.2) is 4.98 Å². The van der Waals surface area contributed by atoms with Crippen molar-refractivity contribution in [3.8, 4) is 11.3 Å². The number of nitrogens with one attached hydrogen (secondary N) is 1. The van der Waals surface area contributed by atoms with E-state index in [1.165, 1.54) is 21.3 Å². The van der Waals surface area contributed by atoms with Gasteiger partial charge in [-0.15, -0.1) is 11.3 Å². The van der Waals surface area contributed by atoms with Gasteiger partial charge in [-0.2, -0.15) is 0 Å². The van der Waals surface area contributed by atoms with Gasteiger partial charge in [0.05, 0.1) is 18.4 Å². The van der Waals surface area contributed by atoms with Crippen LogP contribution in [-0.2, 0) is 13.1 Å². The van der Waals surface area contributed by atoms with Crippen molar-refractivity contribution in [2.75, 3.05) is 6.54 Å². The van der Waals surface area contributed by atoms with E-state index in [0.717, 1.165) is 25.5 Å². The molecule has 18 heavy (non-hydrogen) atoms. The Bertz CT molecular complexity index is 711. The van der Waals surface area contributed by atoms with Crippen molar-refractivity contribution in [2.24, 2.45) is 0 Å². The maximum absolute atomic E-state index is 4.53. The third-order valence-electron chi connectivity index (χ3n) is 3.49. The highest BCUT2D eigenvalue weighted by atomic mass is 32.1. The smallest absolute Gasteiger partial charge is 0.123 e. The molecule has 0 unspecified atom stereocenters. The number of rotatable bonds is 1. The fourth-order valence-corrected chi connectivity index (χ4v) is 3.53. The molecule has 4 rings (SSSR count). The fourth-order valence-electron chi connectivity index (χ4n) is 2.61. The Morgan fingerprint density at radius 3 is 3.28 bits per heavy atom. The van der Waals surface area contributed by atoms with Crippen molar-refractivity contribution in [3.05, 3.63) is 41.7 Å². The molecular formula is C14H13N3S. The third-order valence-corrected chi connectivity index (χ3v) is 4.45. The van der Waals surface area contributed by atoms with Crippen LogP contribution in [0.2, 0.25) is 0 Å². The SMILES string of the molecule is c1cc(-c2cnc3n2CCNC3)c2sccc2c1. The van der Waals surface area contributed by atoms with E-state index in [1.807, 2.05) is 6.20 Å². The molecule has 0 aliphatic carbocycles. The average Bonchev–Trinajstić information content (AvgIpc) is 3.05. The van der Waals surface area contributed by atoms with Crippen molar-refractivity contribution in [2.45, 2.75) is 13.1 Å². The summed E-state index contributed by atoms with van der Waals surface area (Å²) in [6, 6.07) is 8.68. The molecule has 0 spiro atoms. The van der Waals surface area contributed by atoms with Gasteiger partial charge >= 0.3 is 0 Å². The van der Waals surface area contributed by atoms with Crippen LogP contribution in [0.3, 0.4) is 0 Å². The van der Waals surface area contributed by atoms with Gasteiger partial charge in [-0.3, -0.25) is 0 Å². The average molecular weight is 255 g/mol. The normalized spacial score (nSPS) is 14.9. The summed E-state index contributed by atoms with van der Waals surface area (Å²) in [4.78, 5) is 4.53. The first-order valence-electron chi connectivity index (χ1n) is 6.15. The monoisotopic (exact) mass is 255 g/mol. The Morgan fingerprint density at radius 1 is 1.28 bits per heavy atom. The number of benzene rings is 1. The first-order valence-corrected chi connectivity index (χ1v) is 7.03. The van der Waals surface area contributed by atoms with E-state index in [0.29, 0.717) is 0 Å². The van der Waals surface area contributed by atoms with E-state index >= 15 is 0 Å². The standard InChI is InChI=1S/C14H13N3S/c1-2-10-4-7-18-14(10)11(3-1)12-8-16-13-9-15-5-6-17(12)13/h1-4,7-8,15H,5-6,9H2. The van der Waals surface area contributed by atoms with Crippen LogP contribution in [0.1, 0.15) is 5.82 Å². The second-order valence-corrected chi connectivity index (χ2v) is 5.45. The molecule has 0 fully saturated rings. The zero-order valence-electron chi connectivity index (χ0n) is 9.89. The van der Waals surface area contributed by atoms with E-state index < -0.39 is 0 Å². The lowest BCUT2D eigenvalue weighted by molar-refractivity contribution is 0.508. The van der Waals surface area contributed by atoms with E-state index in [2.05, 4.69) is 44.5 Å². The first-order chi connectivity index (χ1) is 8.93. The molecule has 0 saturated carbocycles. The summed E-state index contributed by atoms with van der Waals surface area (Å²) in [6.07, 6.45) is 2.01. The number of fused-ring (bicyclic) bond motifs is 2. The number of aromatic nitrogens is 2. The summed E-state index contributed by atoms with van der Waals surface area (Å²) in [5, 5.41) is 6.83. The van der Waals surface area contributed by atoms with Gasteiger partial charge < -0.3 is 9.88 Å². The van der Waals surface area contributed by atoms with Gasteiger partial charge in [-0.05, 0) is 16.8 Å². The van der Waals surface area contributed by atoms with Crippen LogP contribution < -0.4 is 5.32 Å². The molecule has 3 aromatic rings. The Kier molecular flexibility index (Phi) is 2.25. The van der Waals surface area contributed by atoms with Crippen LogP contribution >= 0.6 is 11.3 Å². The van der Waals surface area contributed by atoms with Crippen LogP contribution in [-0.4, -0.2) is 16.1 Å². The molecule has 3 nitrogen and oxygen atoms in total. The Morgan fingerprint density at radius 2 is 2.28 bits per heavy atom. The summed E-state index contributed by atoms with van der Waals surface area (Å²) >= 11 is 1.81. The number of imidazole rings is 1. The van der Waals surface area contributed by atoms with Crippen molar-refractivity contribution in [1.29, 1.82) is 0 Å². The molecule has 1 N–H and O–H groups in total. The molecule has 0 radical (unpaired) electrons. The highest BCUT2D eigenvalue weighted by Gasteiger charge is 2.16. The Balaban J connectivity index is 1.97. The van der Waals surface area contributed by atoms with Crippen LogP contribution in [0.25, 0.3) is 21.3 Å². The number of hydrogen-bond acceptors (Lipinski definition) is 3. The van der Waals surface area contributed by atoms with E-state index in [4.69, 9.17) is 0 Å². The minimum absolute atomic E-state index is 0.875. The summed E-state index contributed by atoms with van der Waals surface area (Å²) < 4.78 is 3.70. The van der Waals surface area contributed by atoms with E-state index in [-0.39, 0.29) is 0 Å². The maximum Gasteiger partial charge on any atom is 0.123 e. The van der Waals surface area contributed by atoms with Crippen LogP contribution in [0.15, 0.2) is 35.8 Å². The van der Waals surface area contributed by atoms with Crippen molar-refractivity contribution in [1.82, 2.24) is 14.9 Å². The lowest BCUT2D eigenvalue weighted by Gasteiger charge is -2.17. The third kappa shape index (κ3) is 1.43. The molecule has 1 aliphatic heterocycles. The highest BCUT2D eigenvalue weighted by molar-refractivity contribution is 7.17. The quantitative estimate of drug-likeness (QED) is 0.724. The van der Waals surface area contributed by atoms with Gasteiger partial charge in [0.25, 0.3) is 0 Å². The maximum atomic E-state index is 4.53. The Hall–Kier alpha value is -1.65. The molecule has 0 bridgehead atoms. The van der Waals surface area contributed by atoms with Gasteiger partial charge in [0.2, 0.25) is 0 Å². The second-order valence-electron chi connectivity index (χ2n) is 4.53. The largest absolute Gasteiger partial charge is 0.326 e. The molecule has 0 atom stereocenters. The molecule has 1 aliphatic rings. The topological polar surface area (TPSA) is 29.9 Å². The zero-order chi connectivity index (χ0) is 11.9. The molecule has 3 heterocycles. The molecule has 4 heteroatoms. The molecule has 90 valence electrons. The summed E-state index contributed by atoms with van der Waals surface area (Å²) in [5.74, 6) is 1.14. The highest BCUT2D eigenvalue weighted by Crippen LogP contribution is 2.33. The van der Waals surface area contributed by atoms with Crippen LogP contribution in [0.5, 0.6) is 0 Å². The van der Waals surface area contributed by atoms with Gasteiger partial charge in [-0.1, -0.05) is 18.2 Å². The molecule has 0 amide bonds. The predicted octanol–water partition coefficient (Wildman–Crippen LogP) is 2.87. The number of hydrogen-bond donors (Lipinski definition) is 1. The minimum Gasteiger partial charge on any atom is -0.326 e. The Labute approximate surface area is 109 Å². The summed E-state index contributed by atoms with van der Waals surface area (Å²) in [6.45, 7) is 2.91. The molecular weight excluding hydrogens is 242 g/mol. The van der Waals surface area contributed by atoms with Gasteiger partial charge in [0.15, 0.2) is 0 Å². The lowest BCUT2D eigenvalue weighted by Crippen LogP contribution is -2.28. The van der Waals surface area contributed by atoms with Crippen molar-refractivity contribution in [3.63, 3.8) is 0 Å². The lowest BCUT2D eigenvalue weighted by atomic mass is 10.1. The predicted molar refractivity (Wildman–Crippen MR) is 74.8 cm³/mol. The molecule has 0 saturated heterocycles. The van der Waals surface area contributed by atoms with E-state index in [1.54, 1.807) is 11.3 Å². The summed E-state index contributed by atoms with van der Waals surface area (Å²) in [7, 11) is 0. The second kappa shape index (κ2) is 3.93. The number of nitrogens with zero attached hydrogens (tertiary/aromatic N) is 2. The van der Waals surface area contributed by atoms with Crippen molar-refractivity contribution >= 4 is 21.4 Å². The van der Waals surface area contributed by atoms with Gasteiger partial charge in [0, 0.05) is 23.4 Å². The summed E-state index contributed by atoms with van der Waals surface area (Å²) in [5.41, 5.74) is 2.56. The zero-order valence-corrected chi connectivity index (χ0v) is 10.7. The molecule has 1 aromatic carbocycles. The van der Waals surface area contributed by atoms with Crippen LogP contribution in [0, 0.1) is 0 Å². The fraction of sp³-hybridized carbons (Fsp3) is 0.214. The minimum atomic E-state index is 0.875. The van der Waals surface area contributed by atoms with Gasteiger partial charge in [0.1, 0.15) is 5.82 Å². The van der Waals surface area contributed by atoms with Crippen molar-refractivity contribution < 1.29 is 0 Å².